The minimum Gasteiger partial charge on any atom is -0.481 e. The fourth-order valence-corrected chi connectivity index (χ4v) is 4.13. The molecule has 1 amide bonds. The van der Waals surface area contributed by atoms with E-state index in [4.69, 9.17) is 9.47 Å². The van der Waals surface area contributed by atoms with Gasteiger partial charge in [0.1, 0.15) is 18.8 Å². The second-order valence-corrected chi connectivity index (χ2v) is 7.81. The van der Waals surface area contributed by atoms with E-state index in [0.717, 1.165) is 27.8 Å². The topological polar surface area (TPSA) is 101 Å². The summed E-state index contributed by atoms with van der Waals surface area (Å²) < 4.78 is 10.6. The minimum atomic E-state index is -1.22. The monoisotopic (exact) mass is 434 g/mol. The summed E-state index contributed by atoms with van der Waals surface area (Å²) in [6.45, 7) is 1.81. The Labute approximate surface area is 186 Å². The average molecular weight is 434 g/mol. The molecule has 0 spiro atoms. The molecule has 1 heterocycles. The van der Waals surface area contributed by atoms with Crippen LogP contribution in [-0.4, -0.2) is 47.7 Å². The summed E-state index contributed by atoms with van der Waals surface area (Å²) in [6, 6.07) is 17.9. The van der Waals surface area contributed by atoms with Crippen LogP contribution in [0.15, 0.2) is 60.8 Å². The average Bonchev–Trinajstić information content (AvgIpc) is 3.14. The predicted molar refractivity (Wildman–Crippen MR) is 120 cm³/mol. The maximum atomic E-state index is 12.3. The SMILES string of the molecule is COc1ncc(C(O)C(O)CNC(=O)OCC2c3ccccc3-c3ccccc32)cc1C. The summed E-state index contributed by atoms with van der Waals surface area (Å²) in [5.41, 5.74) is 5.72. The van der Waals surface area contributed by atoms with Crippen molar-refractivity contribution in [3.05, 3.63) is 83.0 Å². The lowest BCUT2D eigenvalue weighted by molar-refractivity contribution is 0.0183. The van der Waals surface area contributed by atoms with E-state index < -0.39 is 18.3 Å². The van der Waals surface area contributed by atoms with E-state index in [2.05, 4.69) is 22.4 Å². The number of rotatable bonds is 7. The third-order valence-electron chi connectivity index (χ3n) is 5.75. The molecular formula is C25H26N2O5. The van der Waals surface area contributed by atoms with Crippen LogP contribution >= 0.6 is 0 Å². The van der Waals surface area contributed by atoms with Crippen molar-refractivity contribution < 1.29 is 24.5 Å². The number of carbonyl (C=O) groups is 1. The van der Waals surface area contributed by atoms with Gasteiger partial charge in [-0.15, -0.1) is 0 Å². The Balaban J connectivity index is 1.33. The molecule has 0 aliphatic heterocycles. The number of hydrogen-bond donors (Lipinski definition) is 3. The first-order valence-corrected chi connectivity index (χ1v) is 10.4. The molecule has 2 atom stereocenters. The molecule has 1 aliphatic rings. The van der Waals surface area contributed by atoms with Crippen molar-refractivity contribution in [2.75, 3.05) is 20.3 Å². The standard InChI is InChI=1S/C25H26N2O5/c1-15-11-16(12-26-24(15)31-2)23(29)22(28)13-27-25(30)32-14-21-19-9-5-3-7-17(19)18-8-4-6-10-20(18)21/h3-12,21-23,28-29H,13-14H2,1-2H3,(H,27,30). The van der Waals surface area contributed by atoms with E-state index in [0.29, 0.717) is 11.4 Å². The van der Waals surface area contributed by atoms with Gasteiger partial charge in [0, 0.05) is 29.8 Å². The summed E-state index contributed by atoms with van der Waals surface area (Å²) in [7, 11) is 1.51. The van der Waals surface area contributed by atoms with E-state index in [-0.39, 0.29) is 19.1 Å². The predicted octanol–water partition coefficient (Wildman–Crippen LogP) is 3.33. The number of carbonyl (C=O) groups excluding carboxylic acids is 1. The molecule has 0 bridgehead atoms. The largest absolute Gasteiger partial charge is 0.481 e. The molecule has 2 aromatic carbocycles. The lowest BCUT2D eigenvalue weighted by atomic mass is 9.98. The highest BCUT2D eigenvalue weighted by Gasteiger charge is 2.29. The fourth-order valence-electron chi connectivity index (χ4n) is 4.13. The first-order valence-electron chi connectivity index (χ1n) is 10.4. The van der Waals surface area contributed by atoms with Gasteiger partial charge in [-0.25, -0.2) is 9.78 Å². The van der Waals surface area contributed by atoms with Crippen LogP contribution in [0.3, 0.4) is 0 Å². The number of aryl methyl sites for hydroxylation is 1. The van der Waals surface area contributed by atoms with E-state index >= 15 is 0 Å². The Bertz CT molecular complexity index is 1070. The van der Waals surface area contributed by atoms with Gasteiger partial charge in [0.05, 0.1) is 7.11 Å². The summed E-state index contributed by atoms with van der Waals surface area (Å²) in [5.74, 6) is 0.407. The van der Waals surface area contributed by atoms with Crippen LogP contribution in [-0.2, 0) is 4.74 Å². The number of benzene rings is 2. The maximum absolute atomic E-state index is 12.3. The number of aromatic nitrogens is 1. The number of nitrogens with zero attached hydrogens (tertiary/aromatic N) is 1. The summed E-state index contributed by atoms with van der Waals surface area (Å²) in [5, 5.41) is 23.2. The number of amides is 1. The molecule has 2 unspecified atom stereocenters. The number of methoxy groups -OCH3 is 1. The highest BCUT2D eigenvalue weighted by atomic mass is 16.5. The van der Waals surface area contributed by atoms with Crippen molar-refractivity contribution in [1.82, 2.24) is 10.3 Å². The van der Waals surface area contributed by atoms with E-state index in [1.807, 2.05) is 36.4 Å². The fraction of sp³-hybridized carbons (Fsp3) is 0.280. The molecule has 1 aliphatic carbocycles. The molecule has 3 aromatic rings. The first-order chi connectivity index (χ1) is 15.5. The molecule has 7 heteroatoms. The van der Waals surface area contributed by atoms with Gasteiger partial charge in [0.2, 0.25) is 5.88 Å². The Morgan fingerprint density at radius 2 is 1.72 bits per heavy atom. The zero-order chi connectivity index (χ0) is 22.7. The van der Waals surface area contributed by atoms with Gasteiger partial charge in [-0.3, -0.25) is 0 Å². The molecule has 0 radical (unpaired) electrons. The van der Waals surface area contributed by atoms with Crippen molar-refractivity contribution in [2.45, 2.75) is 25.0 Å². The highest BCUT2D eigenvalue weighted by molar-refractivity contribution is 5.79. The van der Waals surface area contributed by atoms with Crippen molar-refractivity contribution in [3.8, 4) is 17.0 Å². The number of aliphatic hydroxyl groups is 2. The van der Waals surface area contributed by atoms with E-state index in [1.54, 1.807) is 13.0 Å². The lowest BCUT2D eigenvalue weighted by Crippen LogP contribution is -2.36. The Morgan fingerprint density at radius 3 is 2.31 bits per heavy atom. The number of alkyl carbamates (subject to hydrolysis) is 1. The van der Waals surface area contributed by atoms with Gasteiger partial charge < -0.3 is 25.0 Å². The van der Waals surface area contributed by atoms with Gasteiger partial charge >= 0.3 is 6.09 Å². The van der Waals surface area contributed by atoms with Crippen LogP contribution in [0.1, 0.15) is 34.3 Å². The van der Waals surface area contributed by atoms with Gasteiger partial charge in [-0.1, -0.05) is 48.5 Å². The molecule has 3 N–H and O–H groups in total. The van der Waals surface area contributed by atoms with Crippen LogP contribution in [0.5, 0.6) is 5.88 Å². The zero-order valence-electron chi connectivity index (χ0n) is 18.0. The normalized spacial score (nSPS) is 14.2. The van der Waals surface area contributed by atoms with Gasteiger partial charge in [0.15, 0.2) is 0 Å². The van der Waals surface area contributed by atoms with Crippen molar-refractivity contribution in [3.63, 3.8) is 0 Å². The Kier molecular flexibility index (Phi) is 6.39. The smallest absolute Gasteiger partial charge is 0.407 e. The van der Waals surface area contributed by atoms with Crippen LogP contribution < -0.4 is 10.1 Å². The van der Waals surface area contributed by atoms with Gasteiger partial charge in [0.25, 0.3) is 0 Å². The van der Waals surface area contributed by atoms with Gasteiger partial charge in [-0.2, -0.15) is 0 Å². The second kappa shape index (κ2) is 9.38. The minimum absolute atomic E-state index is 0.0444. The molecule has 166 valence electrons. The zero-order valence-corrected chi connectivity index (χ0v) is 18.0. The number of pyridine rings is 1. The molecule has 0 saturated heterocycles. The van der Waals surface area contributed by atoms with Crippen LogP contribution in [0, 0.1) is 6.92 Å². The molecular weight excluding hydrogens is 408 g/mol. The highest BCUT2D eigenvalue weighted by Crippen LogP contribution is 2.44. The third-order valence-corrected chi connectivity index (χ3v) is 5.75. The Hall–Kier alpha value is -3.42. The molecule has 0 saturated carbocycles. The summed E-state index contributed by atoms with van der Waals surface area (Å²) in [4.78, 5) is 16.4. The quantitative estimate of drug-likeness (QED) is 0.527. The van der Waals surface area contributed by atoms with E-state index in [1.165, 1.54) is 13.3 Å². The first kappa shape index (κ1) is 21.8. The number of aliphatic hydroxyl groups excluding tert-OH is 2. The molecule has 7 nitrogen and oxygen atoms in total. The van der Waals surface area contributed by atoms with Crippen molar-refractivity contribution in [2.24, 2.45) is 0 Å². The third kappa shape index (κ3) is 4.30. The summed E-state index contributed by atoms with van der Waals surface area (Å²) >= 11 is 0. The van der Waals surface area contributed by atoms with Crippen molar-refractivity contribution in [1.29, 1.82) is 0 Å². The van der Waals surface area contributed by atoms with E-state index in [9.17, 15) is 15.0 Å². The number of ether oxygens (including phenoxy) is 2. The molecule has 32 heavy (non-hydrogen) atoms. The maximum Gasteiger partial charge on any atom is 0.407 e. The van der Waals surface area contributed by atoms with Crippen LogP contribution in [0.2, 0.25) is 0 Å². The summed E-state index contributed by atoms with van der Waals surface area (Å²) in [6.07, 6.45) is -1.64. The molecule has 4 rings (SSSR count). The molecule has 1 aromatic heterocycles. The van der Waals surface area contributed by atoms with Gasteiger partial charge in [-0.05, 0) is 35.2 Å². The number of hydrogen-bond acceptors (Lipinski definition) is 6. The van der Waals surface area contributed by atoms with Crippen LogP contribution in [0.4, 0.5) is 4.79 Å². The van der Waals surface area contributed by atoms with Crippen LogP contribution in [0.25, 0.3) is 11.1 Å². The van der Waals surface area contributed by atoms with Crippen molar-refractivity contribution >= 4 is 6.09 Å². The second-order valence-electron chi connectivity index (χ2n) is 7.81. The number of nitrogens with one attached hydrogen (secondary N) is 1. The lowest BCUT2D eigenvalue weighted by Gasteiger charge is -2.20. The molecule has 0 fully saturated rings. The Morgan fingerprint density at radius 1 is 1.09 bits per heavy atom. The number of fused-ring (bicyclic) bond motifs is 3.